The highest BCUT2D eigenvalue weighted by atomic mass is 19.1. The minimum Gasteiger partial charge on any atom is -0.508 e. The summed E-state index contributed by atoms with van der Waals surface area (Å²) in [5.74, 6) is -0.226. The van der Waals surface area contributed by atoms with Crippen molar-refractivity contribution in [2.45, 2.75) is 31.8 Å². The summed E-state index contributed by atoms with van der Waals surface area (Å²) in [4.78, 5) is 4.24. The molecule has 106 valence electrons. The fraction of sp³-hybridized carbons (Fsp3) is 0.429. The first-order chi connectivity index (χ1) is 9.58. The summed E-state index contributed by atoms with van der Waals surface area (Å²) in [7, 11) is 0. The largest absolute Gasteiger partial charge is 0.508 e. The van der Waals surface area contributed by atoms with Crippen molar-refractivity contribution >= 4 is 0 Å². The van der Waals surface area contributed by atoms with E-state index in [9.17, 15) is 9.50 Å². The number of aromatic nitrogens is 2. The van der Waals surface area contributed by atoms with E-state index in [0.29, 0.717) is 12.4 Å². The molecule has 0 spiro atoms. The van der Waals surface area contributed by atoms with Gasteiger partial charge in [-0.1, -0.05) is 5.16 Å². The van der Waals surface area contributed by atoms with Crippen LogP contribution in [0.3, 0.4) is 0 Å². The molecule has 1 aliphatic heterocycles. The zero-order valence-corrected chi connectivity index (χ0v) is 11.1. The van der Waals surface area contributed by atoms with Crippen LogP contribution in [0.1, 0.15) is 32.0 Å². The van der Waals surface area contributed by atoms with Crippen LogP contribution in [-0.2, 0) is 10.3 Å². The minimum atomic E-state index is -0.602. The first-order valence-electron chi connectivity index (χ1n) is 6.55. The molecule has 5 nitrogen and oxygen atoms in total. The van der Waals surface area contributed by atoms with Crippen LogP contribution in [0.2, 0.25) is 0 Å². The number of rotatable bonds is 2. The van der Waals surface area contributed by atoms with Crippen molar-refractivity contribution in [3.63, 3.8) is 0 Å². The number of ether oxygens (including phenoxy) is 1. The van der Waals surface area contributed by atoms with Crippen molar-refractivity contribution in [2.24, 2.45) is 0 Å². The predicted octanol–water partition coefficient (Wildman–Crippen LogP) is 3.00. The molecule has 1 aliphatic rings. The Labute approximate surface area is 115 Å². The Morgan fingerprint density at radius 2 is 2.20 bits per heavy atom. The maximum absolute atomic E-state index is 13.8. The summed E-state index contributed by atoms with van der Waals surface area (Å²) in [6.07, 6.45) is 2.87. The molecule has 1 N–H and O–H groups in total. The molecule has 1 unspecified atom stereocenters. The van der Waals surface area contributed by atoms with Crippen molar-refractivity contribution < 1.29 is 18.8 Å². The van der Waals surface area contributed by atoms with Gasteiger partial charge in [-0.05, 0) is 38.3 Å². The van der Waals surface area contributed by atoms with Crippen molar-refractivity contribution in [1.29, 1.82) is 0 Å². The number of aromatic hydroxyl groups is 1. The van der Waals surface area contributed by atoms with Gasteiger partial charge in [-0.3, -0.25) is 0 Å². The zero-order valence-electron chi connectivity index (χ0n) is 11.1. The van der Waals surface area contributed by atoms with Gasteiger partial charge in [0.2, 0.25) is 5.82 Å². The molecule has 6 heteroatoms. The Kier molecular flexibility index (Phi) is 3.17. The van der Waals surface area contributed by atoms with Gasteiger partial charge in [-0.25, -0.2) is 4.39 Å². The van der Waals surface area contributed by atoms with E-state index in [1.165, 1.54) is 12.1 Å². The van der Waals surface area contributed by atoms with Gasteiger partial charge >= 0.3 is 0 Å². The van der Waals surface area contributed by atoms with Gasteiger partial charge in [-0.2, -0.15) is 4.98 Å². The molecule has 1 aromatic carbocycles. The van der Waals surface area contributed by atoms with Crippen LogP contribution in [0.15, 0.2) is 22.7 Å². The summed E-state index contributed by atoms with van der Waals surface area (Å²) < 4.78 is 24.6. The molecule has 1 atom stereocenters. The summed E-state index contributed by atoms with van der Waals surface area (Å²) in [5.41, 5.74) is -0.408. The number of nitrogens with zero attached hydrogens (tertiary/aromatic N) is 2. The van der Waals surface area contributed by atoms with Crippen LogP contribution in [-0.4, -0.2) is 21.9 Å². The third kappa shape index (κ3) is 2.27. The third-order valence-electron chi connectivity index (χ3n) is 3.55. The monoisotopic (exact) mass is 278 g/mol. The second-order valence-corrected chi connectivity index (χ2v) is 5.12. The Bertz CT molecular complexity index is 621. The van der Waals surface area contributed by atoms with Crippen LogP contribution < -0.4 is 0 Å². The molecule has 20 heavy (non-hydrogen) atoms. The number of phenolic OH excluding ortho intramolecular Hbond substituents is 1. The molecule has 1 fully saturated rings. The zero-order chi connectivity index (χ0) is 14.2. The van der Waals surface area contributed by atoms with Crippen LogP contribution in [0, 0.1) is 5.82 Å². The molecule has 2 heterocycles. The molecule has 1 aromatic heterocycles. The predicted molar refractivity (Wildman–Crippen MR) is 68.5 cm³/mol. The van der Waals surface area contributed by atoms with Crippen LogP contribution in [0.5, 0.6) is 5.75 Å². The van der Waals surface area contributed by atoms with E-state index in [0.717, 1.165) is 25.3 Å². The molecular weight excluding hydrogens is 263 g/mol. The second-order valence-electron chi connectivity index (χ2n) is 5.12. The van der Waals surface area contributed by atoms with E-state index in [-0.39, 0.29) is 17.2 Å². The normalized spacial score (nSPS) is 22.9. The topological polar surface area (TPSA) is 68.4 Å². The number of benzene rings is 1. The van der Waals surface area contributed by atoms with Gasteiger partial charge in [0.05, 0.1) is 5.56 Å². The fourth-order valence-corrected chi connectivity index (χ4v) is 2.34. The quantitative estimate of drug-likeness (QED) is 0.914. The van der Waals surface area contributed by atoms with Gasteiger partial charge in [0.15, 0.2) is 0 Å². The van der Waals surface area contributed by atoms with E-state index in [1.807, 2.05) is 6.92 Å². The Morgan fingerprint density at radius 1 is 1.35 bits per heavy atom. The summed E-state index contributed by atoms with van der Waals surface area (Å²) >= 11 is 0. The highest BCUT2D eigenvalue weighted by molar-refractivity contribution is 5.55. The lowest BCUT2D eigenvalue weighted by molar-refractivity contribution is -0.0770. The number of hydrogen-bond acceptors (Lipinski definition) is 5. The Morgan fingerprint density at radius 3 is 2.90 bits per heavy atom. The molecule has 2 aromatic rings. The van der Waals surface area contributed by atoms with Crippen molar-refractivity contribution in [1.82, 2.24) is 10.1 Å². The molecule has 0 bridgehead atoms. The molecule has 1 saturated heterocycles. The first kappa shape index (κ1) is 13.1. The van der Waals surface area contributed by atoms with Gasteiger partial charge in [0.1, 0.15) is 17.2 Å². The van der Waals surface area contributed by atoms with E-state index in [1.54, 1.807) is 0 Å². The average molecular weight is 278 g/mol. The molecular formula is C14H15FN2O3. The van der Waals surface area contributed by atoms with Crippen molar-refractivity contribution in [2.75, 3.05) is 6.61 Å². The van der Waals surface area contributed by atoms with Crippen molar-refractivity contribution in [3.8, 4) is 17.2 Å². The summed E-state index contributed by atoms with van der Waals surface area (Å²) in [5, 5.41) is 13.1. The maximum Gasteiger partial charge on any atom is 0.261 e. The van der Waals surface area contributed by atoms with Gasteiger partial charge in [0, 0.05) is 12.7 Å². The lowest BCUT2D eigenvalue weighted by Gasteiger charge is -2.30. The second kappa shape index (κ2) is 4.86. The highest BCUT2D eigenvalue weighted by Gasteiger charge is 2.35. The van der Waals surface area contributed by atoms with Gasteiger partial charge in [-0.15, -0.1) is 0 Å². The lowest BCUT2D eigenvalue weighted by atomic mass is 9.95. The summed E-state index contributed by atoms with van der Waals surface area (Å²) in [6, 6.07) is 3.80. The van der Waals surface area contributed by atoms with Gasteiger partial charge < -0.3 is 14.4 Å². The highest BCUT2D eigenvalue weighted by Crippen LogP contribution is 2.34. The van der Waals surface area contributed by atoms with Crippen molar-refractivity contribution in [3.05, 3.63) is 29.8 Å². The number of hydrogen-bond donors (Lipinski definition) is 1. The minimum absolute atomic E-state index is 0.0906. The van der Waals surface area contributed by atoms with E-state index >= 15 is 0 Å². The molecule has 0 amide bonds. The molecule has 0 aliphatic carbocycles. The van der Waals surface area contributed by atoms with Crippen LogP contribution >= 0.6 is 0 Å². The fourth-order valence-electron chi connectivity index (χ4n) is 2.34. The average Bonchev–Trinajstić information content (AvgIpc) is 2.90. The van der Waals surface area contributed by atoms with E-state index in [4.69, 9.17) is 9.26 Å². The first-order valence-corrected chi connectivity index (χ1v) is 6.55. The smallest absolute Gasteiger partial charge is 0.261 e. The number of halogens is 1. The Balaban J connectivity index is 1.93. The molecule has 0 radical (unpaired) electrons. The Hall–Kier alpha value is -1.95. The third-order valence-corrected chi connectivity index (χ3v) is 3.55. The standard InChI is InChI=1S/C14H15FN2O3/c1-14(6-2-3-7-19-14)13-16-12(20-17-13)10-5-4-9(18)8-11(10)15/h4-5,8,18H,2-3,6-7H2,1H3. The molecule has 0 saturated carbocycles. The van der Waals surface area contributed by atoms with Crippen LogP contribution in [0.25, 0.3) is 11.5 Å². The lowest BCUT2D eigenvalue weighted by Crippen LogP contribution is -2.31. The summed E-state index contributed by atoms with van der Waals surface area (Å²) in [6.45, 7) is 2.57. The molecule has 3 rings (SSSR count). The van der Waals surface area contributed by atoms with E-state index in [2.05, 4.69) is 10.1 Å². The maximum atomic E-state index is 13.8. The number of phenols is 1. The van der Waals surface area contributed by atoms with E-state index < -0.39 is 11.4 Å². The van der Waals surface area contributed by atoms with Crippen LogP contribution in [0.4, 0.5) is 4.39 Å². The van der Waals surface area contributed by atoms with Gasteiger partial charge in [0.25, 0.3) is 5.89 Å². The SMILES string of the molecule is CC1(c2noc(-c3ccc(O)cc3F)n2)CCCCO1.